The summed E-state index contributed by atoms with van der Waals surface area (Å²) in [5, 5.41) is 1.93. The quantitative estimate of drug-likeness (QED) is 0.828. The molecule has 1 aliphatic rings. The largest absolute Gasteiger partial charge is 0.338 e. The summed E-state index contributed by atoms with van der Waals surface area (Å²) < 4.78 is 78.9. The van der Waals surface area contributed by atoms with Crippen LogP contribution in [0.25, 0.3) is 0 Å². The van der Waals surface area contributed by atoms with Crippen LogP contribution < -0.4 is 5.32 Å². The molecule has 1 aliphatic heterocycles. The lowest BCUT2D eigenvalue weighted by Crippen LogP contribution is -2.48. The van der Waals surface area contributed by atoms with Gasteiger partial charge in [0.15, 0.2) is 0 Å². The van der Waals surface area contributed by atoms with Crippen LogP contribution in [-0.2, 0) is 6.54 Å². The number of amides is 1. The summed E-state index contributed by atoms with van der Waals surface area (Å²) >= 11 is 5.69. The molecule has 1 amide bonds. The molecule has 0 radical (unpaired) electrons. The van der Waals surface area contributed by atoms with Gasteiger partial charge in [0.05, 0.1) is 10.7 Å². The first-order valence-electron chi connectivity index (χ1n) is 11.2. The van der Waals surface area contributed by atoms with Crippen molar-refractivity contribution in [2.45, 2.75) is 31.9 Å². The van der Waals surface area contributed by atoms with Crippen LogP contribution in [0.3, 0.4) is 0 Å². The zero-order valence-electron chi connectivity index (χ0n) is 20.5. The number of aromatic nitrogens is 1. The lowest BCUT2D eigenvalue weighted by Gasteiger charge is -2.36. The Balaban J connectivity index is 1.87. The number of likely N-dealkylation sites (tertiary alicyclic amines) is 1. The van der Waals surface area contributed by atoms with Crippen LogP contribution in [-0.4, -0.2) is 41.0 Å². The van der Waals surface area contributed by atoms with Crippen LogP contribution in [0.5, 0.6) is 0 Å². The van der Waals surface area contributed by atoms with Gasteiger partial charge in [-0.3, -0.25) is 9.78 Å². The first-order chi connectivity index (χ1) is 15.1. The third-order valence-electron chi connectivity index (χ3n) is 3.97. The zero-order chi connectivity index (χ0) is 24.8. The third kappa shape index (κ3) is 5.02. The van der Waals surface area contributed by atoms with Crippen LogP contribution >= 0.6 is 11.6 Å². The lowest BCUT2D eigenvalue weighted by atomic mass is 9.92. The number of nitrogens with zero attached hydrogens (tertiary/aromatic N) is 2. The van der Waals surface area contributed by atoms with Crippen molar-refractivity contribution in [3.63, 3.8) is 0 Å². The standard InChI is InChI=1S/C20H22ClF2N3O/c1-14-2-4-16(25-11-14)12-24-13-20(23)6-8-26(9-7-20)19(27)15-3-5-18(22)17(21)10-15/h2-5,10-11,24H,6-9,12-13H2,1H3/i6D2,9D2,13D2. The predicted molar refractivity (Wildman–Crippen MR) is 101 cm³/mol. The van der Waals surface area contributed by atoms with Gasteiger partial charge in [0.25, 0.3) is 5.91 Å². The third-order valence-corrected chi connectivity index (χ3v) is 4.26. The van der Waals surface area contributed by atoms with Crippen LogP contribution in [0.2, 0.25) is 5.02 Å². The Hall–Kier alpha value is -2.05. The molecule has 0 bridgehead atoms. The molecule has 1 fully saturated rings. The second-order valence-corrected chi connectivity index (χ2v) is 6.55. The average Bonchev–Trinajstić information content (AvgIpc) is 2.71. The van der Waals surface area contributed by atoms with Crippen LogP contribution in [0, 0.1) is 12.7 Å². The minimum absolute atomic E-state index is 0.209. The van der Waals surface area contributed by atoms with Gasteiger partial charge < -0.3 is 10.2 Å². The fourth-order valence-corrected chi connectivity index (χ4v) is 2.60. The van der Waals surface area contributed by atoms with Crippen molar-refractivity contribution in [3.05, 3.63) is 64.2 Å². The Morgan fingerprint density at radius 1 is 1.48 bits per heavy atom. The van der Waals surface area contributed by atoms with Crippen molar-refractivity contribution in [3.8, 4) is 0 Å². The summed E-state index contributed by atoms with van der Waals surface area (Å²) in [6, 6.07) is 6.27. The van der Waals surface area contributed by atoms with Crippen molar-refractivity contribution in [2.24, 2.45) is 0 Å². The zero-order valence-corrected chi connectivity index (χ0v) is 15.3. The van der Waals surface area contributed by atoms with Gasteiger partial charge in [-0.05, 0) is 36.8 Å². The number of hydrogen-bond donors (Lipinski definition) is 1. The SMILES string of the molecule is [2H]C1([2H])CC(F)(C([2H])([2H])NCc2ccc(C)cn2)C([2H])([2H])CN1C(=O)c1ccc(F)c(Cl)c1. The molecule has 27 heavy (non-hydrogen) atoms. The van der Waals surface area contributed by atoms with Crippen LogP contribution in [0.15, 0.2) is 36.5 Å². The fraction of sp³-hybridized carbons (Fsp3) is 0.400. The molecule has 0 saturated carbocycles. The van der Waals surface area contributed by atoms with Crippen molar-refractivity contribution < 1.29 is 21.8 Å². The van der Waals surface area contributed by atoms with E-state index in [0.717, 1.165) is 23.8 Å². The second kappa shape index (κ2) is 8.31. The number of rotatable bonds is 5. The van der Waals surface area contributed by atoms with E-state index in [1.54, 1.807) is 18.3 Å². The predicted octanol–water partition coefficient (Wildman–Crippen LogP) is 3.92. The highest BCUT2D eigenvalue weighted by Gasteiger charge is 2.35. The highest BCUT2D eigenvalue weighted by Crippen LogP contribution is 2.27. The molecule has 0 aliphatic carbocycles. The monoisotopic (exact) mass is 399 g/mol. The Morgan fingerprint density at radius 3 is 3.00 bits per heavy atom. The minimum atomic E-state index is -3.34. The van der Waals surface area contributed by atoms with E-state index in [9.17, 15) is 9.18 Å². The molecule has 1 saturated heterocycles. The first-order valence-corrected chi connectivity index (χ1v) is 8.60. The first kappa shape index (κ1) is 13.2. The Morgan fingerprint density at radius 2 is 2.30 bits per heavy atom. The van der Waals surface area contributed by atoms with E-state index in [2.05, 4.69) is 10.3 Å². The van der Waals surface area contributed by atoms with E-state index in [1.807, 2.05) is 6.92 Å². The topological polar surface area (TPSA) is 45.2 Å². The normalized spacial score (nSPS) is 27.5. The smallest absolute Gasteiger partial charge is 0.253 e. The average molecular weight is 400 g/mol. The van der Waals surface area contributed by atoms with Crippen molar-refractivity contribution in [1.82, 2.24) is 15.2 Å². The van der Waals surface area contributed by atoms with Crippen molar-refractivity contribution >= 4 is 17.5 Å². The van der Waals surface area contributed by atoms with Gasteiger partial charge in [0, 0.05) is 58.9 Å². The number of pyridine rings is 1. The van der Waals surface area contributed by atoms with Gasteiger partial charge in [-0.1, -0.05) is 17.7 Å². The molecule has 2 heterocycles. The molecule has 1 aromatic heterocycles. The summed E-state index contributed by atoms with van der Waals surface area (Å²) in [7, 11) is 0. The summed E-state index contributed by atoms with van der Waals surface area (Å²) in [6.45, 7) is -5.26. The molecular weight excluding hydrogens is 372 g/mol. The van der Waals surface area contributed by atoms with Crippen molar-refractivity contribution in [1.29, 1.82) is 0 Å². The molecule has 3 rings (SSSR count). The van der Waals surface area contributed by atoms with Gasteiger partial charge in [-0.15, -0.1) is 0 Å². The van der Waals surface area contributed by atoms with E-state index in [0.29, 0.717) is 10.6 Å². The van der Waals surface area contributed by atoms with Gasteiger partial charge >= 0.3 is 0 Å². The van der Waals surface area contributed by atoms with Gasteiger partial charge in [-0.25, -0.2) is 8.78 Å². The van der Waals surface area contributed by atoms with Gasteiger partial charge in [0.1, 0.15) is 11.5 Å². The number of aryl methyl sites for hydroxylation is 1. The highest BCUT2D eigenvalue weighted by molar-refractivity contribution is 6.31. The Kier molecular flexibility index (Phi) is 4.06. The minimum Gasteiger partial charge on any atom is -0.338 e. The number of carbonyl (C=O) groups is 1. The second-order valence-electron chi connectivity index (χ2n) is 6.14. The molecule has 1 aromatic carbocycles. The van der Waals surface area contributed by atoms with E-state index in [4.69, 9.17) is 19.8 Å². The maximum atomic E-state index is 16.1. The number of piperidine rings is 1. The van der Waals surface area contributed by atoms with Crippen LogP contribution in [0.1, 0.15) is 42.6 Å². The molecule has 7 heteroatoms. The maximum absolute atomic E-state index is 16.1. The molecule has 144 valence electrons. The lowest BCUT2D eigenvalue weighted by molar-refractivity contribution is 0.0434. The summed E-state index contributed by atoms with van der Waals surface area (Å²) in [4.78, 5) is 17.4. The molecule has 4 nitrogen and oxygen atoms in total. The summed E-state index contributed by atoms with van der Waals surface area (Å²) in [5.41, 5.74) is -2.30. The highest BCUT2D eigenvalue weighted by atomic mass is 35.5. The Labute approximate surface area is 171 Å². The number of hydrogen-bond acceptors (Lipinski definition) is 3. The molecule has 1 N–H and O–H groups in total. The van der Waals surface area contributed by atoms with E-state index < -0.39 is 49.7 Å². The molecule has 0 spiro atoms. The fourth-order valence-electron chi connectivity index (χ4n) is 2.42. The van der Waals surface area contributed by atoms with E-state index in [-0.39, 0.29) is 17.1 Å². The van der Waals surface area contributed by atoms with Crippen LogP contribution in [0.4, 0.5) is 8.78 Å². The molecule has 1 unspecified atom stereocenters. The number of alkyl halides is 1. The van der Waals surface area contributed by atoms with Crippen molar-refractivity contribution in [2.75, 3.05) is 19.5 Å². The number of nitrogens with one attached hydrogen (secondary N) is 1. The maximum Gasteiger partial charge on any atom is 0.253 e. The van der Waals surface area contributed by atoms with E-state index >= 15 is 4.39 Å². The van der Waals surface area contributed by atoms with Gasteiger partial charge in [0.2, 0.25) is 0 Å². The number of halogens is 3. The molecule has 2 aromatic rings. The molecular formula is C20H22ClF2N3O. The number of benzene rings is 1. The Bertz CT molecular complexity index is 1060. The number of carbonyl (C=O) groups excluding carboxylic acids is 1. The molecule has 1 atom stereocenters. The summed E-state index contributed by atoms with van der Waals surface area (Å²) in [5.74, 6) is -1.82. The summed E-state index contributed by atoms with van der Waals surface area (Å²) in [6.07, 6.45) is -2.72. The van der Waals surface area contributed by atoms with E-state index in [1.165, 1.54) is 0 Å². The van der Waals surface area contributed by atoms with Gasteiger partial charge in [-0.2, -0.15) is 0 Å².